The maximum atomic E-state index is 14.7. The molecule has 15 heteroatoms. The maximum Gasteiger partial charge on any atom is 0.261 e. The maximum absolute atomic E-state index is 14.7. The van der Waals surface area contributed by atoms with Crippen molar-refractivity contribution in [1.29, 1.82) is 0 Å². The average molecular weight is 500 g/mol. The van der Waals surface area contributed by atoms with E-state index in [-0.39, 0.29) is 41.4 Å². The second-order valence-electron chi connectivity index (χ2n) is 8.09. The van der Waals surface area contributed by atoms with Crippen LogP contribution in [0.1, 0.15) is 6.92 Å². The highest BCUT2D eigenvalue weighted by Crippen LogP contribution is 2.30. The number of ether oxygens (including phenoxy) is 1. The standard InChI is InChI=1S/C21H18F2N8O5/c1-21(34,20(33)27-10-6-12(22)15-14(7-10)36-29-17(15)24)16-19(32)30(4-5-35-16)18-13(23)9-31(28-18)11-2-3-25-26-8-11/h2-3,6-9,16,34H,4-5H2,1H3,(H2,24,29)(H,27,33)/t16-,21+/m0/s1. The van der Waals surface area contributed by atoms with Gasteiger partial charge in [0.1, 0.15) is 11.2 Å². The van der Waals surface area contributed by atoms with Crippen LogP contribution >= 0.6 is 0 Å². The summed E-state index contributed by atoms with van der Waals surface area (Å²) < 4.78 is 40.6. The normalized spacial score (nSPS) is 17.8. The number of nitrogens with zero attached hydrogens (tertiary/aromatic N) is 6. The molecule has 5 rings (SSSR count). The Morgan fingerprint density at radius 1 is 1.31 bits per heavy atom. The van der Waals surface area contributed by atoms with Gasteiger partial charge in [0.25, 0.3) is 11.8 Å². The number of nitrogen functional groups attached to an aromatic ring is 1. The molecule has 3 aromatic heterocycles. The molecule has 4 aromatic rings. The van der Waals surface area contributed by atoms with Gasteiger partial charge in [-0.25, -0.2) is 13.5 Å². The summed E-state index contributed by atoms with van der Waals surface area (Å²) in [4.78, 5) is 27.1. The lowest BCUT2D eigenvalue weighted by atomic mass is 9.95. The zero-order valence-corrected chi connectivity index (χ0v) is 18.6. The van der Waals surface area contributed by atoms with Gasteiger partial charge in [-0.15, -0.1) is 5.10 Å². The van der Waals surface area contributed by atoms with E-state index in [0.717, 1.165) is 24.1 Å². The molecule has 2 amide bonds. The van der Waals surface area contributed by atoms with Crippen molar-refractivity contribution in [3.8, 4) is 5.69 Å². The summed E-state index contributed by atoms with van der Waals surface area (Å²) in [6, 6.07) is 3.74. The first-order valence-corrected chi connectivity index (χ1v) is 10.5. The molecule has 4 heterocycles. The molecule has 0 radical (unpaired) electrons. The average Bonchev–Trinajstić information content (AvgIpc) is 3.42. The first-order valence-electron chi connectivity index (χ1n) is 10.5. The van der Waals surface area contributed by atoms with Crippen molar-refractivity contribution < 1.29 is 32.7 Å². The van der Waals surface area contributed by atoms with E-state index in [0.29, 0.717) is 5.69 Å². The lowest BCUT2D eigenvalue weighted by molar-refractivity contribution is -0.165. The number of rotatable bonds is 5. The minimum atomic E-state index is -2.43. The van der Waals surface area contributed by atoms with Crippen LogP contribution in [0.4, 0.5) is 26.1 Å². The van der Waals surface area contributed by atoms with Crippen LogP contribution < -0.4 is 16.0 Å². The van der Waals surface area contributed by atoms with Crippen molar-refractivity contribution in [3.05, 3.63) is 48.4 Å². The number of benzene rings is 1. The number of amides is 2. The van der Waals surface area contributed by atoms with Gasteiger partial charge in [0.2, 0.25) is 0 Å². The largest absolute Gasteiger partial charge is 0.380 e. The van der Waals surface area contributed by atoms with Crippen LogP contribution in [0.25, 0.3) is 16.7 Å². The summed E-state index contributed by atoms with van der Waals surface area (Å²) in [5.41, 5.74) is 3.39. The van der Waals surface area contributed by atoms with E-state index in [4.69, 9.17) is 15.0 Å². The number of aliphatic hydroxyl groups is 1. The highest BCUT2D eigenvalue weighted by atomic mass is 19.1. The van der Waals surface area contributed by atoms with Gasteiger partial charge in [-0.05, 0) is 19.1 Å². The minimum absolute atomic E-state index is 0.0333. The van der Waals surface area contributed by atoms with Crippen LogP contribution in [0.3, 0.4) is 0 Å². The van der Waals surface area contributed by atoms with Crippen molar-refractivity contribution in [1.82, 2.24) is 25.1 Å². The third kappa shape index (κ3) is 3.89. The molecule has 0 spiro atoms. The SMILES string of the molecule is C[C@](O)(C(=O)Nc1cc(F)c2c(N)noc2c1)[C@H]1OCCN(c2nn(-c3ccnnc3)cc2F)C1=O. The molecule has 1 aliphatic heterocycles. The van der Waals surface area contributed by atoms with E-state index in [1.165, 1.54) is 29.2 Å². The van der Waals surface area contributed by atoms with Crippen LogP contribution in [0.5, 0.6) is 0 Å². The Hall–Kier alpha value is -4.50. The van der Waals surface area contributed by atoms with Crippen molar-refractivity contribution in [2.24, 2.45) is 0 Å². The molecule has 0 saturated carbocycles. The number of anilines is 3. The smallest absolute Gasteiger partial charge is 0.261 e. The van der Waals surface area contributed by atoms with Crippen molar-refractivity contribution in [3.63, 3.8) is 0 Å². The number of nitrogens with two attached hydrogens (primary N) is 1. The van der Waals surface area contributed by atoms with Gasteiger partial charge in [-0.2, -0.15) is 10.2 Å². The van der Waals surface area contributed by atoms with Crippen LogP contribution in [0.2, 0.25) is 0 Å². The lowest BCUT2D eigenvalue weighted by Crippen LogP contribution is -2.61. The Morgan fingerprint density at radius 3 is 2.86 bits per heavy atom. The molecule has 36 heavy (non-hydrogen) atoms. The summed E-state index contributed by atoms with van der Waals surface area (Å²) in [6.45, 7) is 0.846. The number of morpholine rings is 1. The minimum Gasteiger partial charge on any atom is -0.380 e. The first-order chi connectivity index (χ1) is 17.2. The van der Waals surface area contributed by atoms with E-state index in [9.17, 15) is 23.5 Å². The zero-order chi connectivity index (χ0) is 25.6. The van der Waals surface area contributed by atoms with Gasteiger partial charge in [-0.1, -0.05) is 5.16 Å². The van der Waals surface area contributed by atoms with Crippen molar-refractivity contribution >= 4 is 40.1 Å². The van der Waals surface area contributed by atoms with E-state index in [1.807, 2.05) is 0 Å². The number of carbonyl (C=O) groups is 2. The number of hydrogen-bond donors (Lipinski definition) is 3. The molecular weight excluding hydrogens is 482 g/mol. The van der Waals surface area contributed by atoms with Crippen LogP contribution in [-0.2, 0) is 14.3 Å². The summed E-state index contributed by atoms with van der Waals surface area (Å²) in [5, 5.41) is 28.1. The molecule has 0 unspecified atom stereocenters. The third-order valence-corrected chi connectivity index (χ3v) is 5.61. The number of halogens is 2. The van der Waals surface area contributed by atoms with E-state index in [2.05, 4.69) is 25.8 Å². The molecule has 1 aromatic carbocycles. The topological polar surface area (TPSA) is 175 Å². The third-order valence-electron chi connectivity index (χ3n) is 5.61. The molecule has 0 aliphatic carbocycles. The molecule has 186 valence electrons. The summed E-state index contributed by atoms with van der Waals surface area (Å²) in [5.74, 6) is -4.10. The van der Waals surface area contributed by atoms with E-state index in [1.54, 1.807) is 0 Å². The predicted octanol–water partition coefficient (Wildman–Crippen LogP) is 0.785. The summed E-state index contributed by atoms with van der Waals surface area (Å²) in [7, 11) is 0. The number of carbonyl (C=O) groups excluding carboxylic acids is 2. The second kappa shape index (κ2) is 8.62. The lowest BCUT2D eigenvalue weighted by Gasteiger charge is -2.37. The van der Waals surface area contributed by atoms with Gasteiger partial charge in [0.15, 0.2) is 34.7 Å². The highest BCUT2D eigenvalue weighted by Gasteiger charge is 2.49. The fourth-order valence-electron chi connectivity index (χ4n) is 3.77. The number of fused-ring (bicyclic) bond motifs is 1. The Morgan fingerprint density at radius 2 is 2.11 bits per heavy atom. The van der Waals surface area contributed by atoms with Crippen LogP contribution in [0, 0.1) is 11.6 Å². The van der Waals surface area contributed by atoms with Gasteiger partial charge in [0.05, 0.1) is 37.4 Å². The van der Waals surface area contributed by atoms with Crippen LogP contribution in [-0.4, -0.2) is 66.9 Å². The first kappa shape index (κ1) is 23.3. The Kier molecular flexibility index (Phi) is 5.57. The summed E-state index contributed by atoms with van der Waals surface area (Å²) in [6.07, 6.45) is 2.08. The van der Waals surface area contributed by atoms with Crippen molar-refractivity contribution in [2.75, 3.05) is 29.1 Å². The molecule has 0 bridgehead atoms. The highest BCUT2D eigenvalue weighted by molar-refractivity contribution is 6.06. The fourth-order valence-corrected chi connectivity index (χ4v) is 3.77. The van der Waals surface area contributed by atoms with Gasteiger partial charge in [0, 0.05) is 11.8 Å². The Labute approximate surface area is 200 Å². The van der Waals surface area contributed by atoms with Crippen LogP contribution in [0.15, 0.2) is 41.3 Å². The summed E-state index contributed by atoms with van der Waals surface area (Å²) >= 11 is 0. The molecule has 1 fully saturated rings. The van der Waals surface area contributed by atoms with Gasteiger partial charge < -0.3 is 25.4 Å². The van der Waals surface area contributed by atoms with Gasteiger partial charge in [-0.3, -0.25) is 14.5 Å². The zero-order valence-electron chi connectivity index (χ0n) is 18.6. The quantitative estimate of drug-likeness (QED) is 0.355. The number of aromatic nitrogens is 5. The number of hydrogen-bond acceptors (Lipinski definition) is 10. The van der Waals surface area contributed by atoms with E-state index < -0.39 is 35.2 Å². The predicted molar refractivity (Wildman–Crippen MR) is 119 cm³/mol. The number of nitrogens with one attached hydrogen (secondary N) is 1. The molecule has 1 saturated heterocycles. The molecule has 1 aliphatic rings. The van der Waals surface area contributed by atoms with Gasteiger partial charge >= 0.3 is 0 Å². The monoisotopic (exact) mass is 500 g/mol. The fraction of sp³-hybridized carbons (Fsp3) is 0.238. The second-order valence-corrected chi connectivity index (χ2v) is 8.09. The Bertz CT molecular complexity index is 1470. The van der Waals surface area contributed by atoms with Crippen molar-refractivity contribution in [2.45, 2.75) is 18.6 Å². The molecule has 13 nitrogen and oxygen atoms in total. The van der Waals surface area contributed by atoms with E-state index >= 15 is 0 Å². The molecule has 4 N–H and O–H groups in total. The molecular formula is C21H18F2N8O5. The molecule has 2 atom stereocenters. The Balaban J connectivity index is 1.38.